The summed E-state index contributed by atoms with van der Waals surface area (Å²) in [5, 5.41) is 7.53. The van der Waals surface area contributed by atoms with E-state index in [1.807, 2.05) is 12.1 Å². The monoisotopic (exact) mass is 215 g/mol. The summed E-state index contributed by atoms with van der Waals surface area (Å²) in [7, 11) is 0. The van der Waals surface area contributed by atoms with Crippen molar-refractivity contribution in [3.8, 4) is 5.69 Å². The standard InChI is InChI=1S/C11H13N5/c1-2-9(1)14-6-10-5-11(3-4-13-10)16-8-12-7-15-16/h3-5,7-9,14H,1-2,6H2. The minimum atomic E-state index is 0.705. The summed E-state index contributed by atoms with van der Waals surface area (Å²) >= 11 is 0. The zero-order valence-electron chi connectivity index (χ0n) is 8.87. The average Bonchev–Trinajstić information content (AvgIpc) is 2.99. The lowest BCUT2D eigenvalue weighted by atomic mass is 10.3. The molecule has 0 aliphatic heterocycles. The maximum atomic E-state index is 4.32. The second kappa shape index (κ2) is 4.02. The van der Waals surface area contributed by atoms with Gasteiger partial charge >= 0.3 is 0 Å². The van der Waals surface area contributed by atoms with Crippen LogP contribution in [0.5, 0.6) is 0 Å². The van der Waals surface area contributed by atoms with Gasteiger partial charge in [-0.2, -0.15) is 5.10 Å². The maximum Gasteiger partial charge on any atom is 0.138 e. The van der Waals surface area contributed by atoms with Gasteiger partial charge in [0.2, 0.25) is 0 Å². The molecule has 0 radical (unpaired) electrons. The van der Waals surface area contributed by atoms with Gasteiger partial charge < -0.3 is 5.32 Å². The highest BCUT2D eigenvalue weighted by Gasteiger charge is 2.20. The molecule has 0 bridgehead atoms. The summed E-state index contributed by atoms with van der Waals surface area (Å²) in [6.45, 7) is 0.827. The Hall–Kier alpha value is -1.75. The van der Waals surface area contributed by atoms with E-state index < -0.39 is 0 Å². The molecule has 1 N–H and O–H groups in total. The van der Waals surface area contributed by atoms with E-state index in [0.29, 0.717) is 6.04 Å². The fourth-order valence-corrected chi connectivity index (χ4v) is 1.58. The highest BCUT2D eigenvalue weighted by atomic mass is 15.3. The van der Waals surface area contributed by atoms with Gasteiger partial charge in [0, 0.05) is 18.8 Å². The quantitative estimate of drug-likeness (QED) is 0.823. The van der Waals surface area contributed by atoms with Crippen molar-refractivity contribution in [1.82, 2.24) is 25.1 Å². The van der Waals surface area contributed by atoms with Crippen LogP contribution in [0.3, 0.4) is 0 Å². The van der Waals surface area contributed by atoms with E-state index in [1.54, 1.807) is 17.2 Å². The SMILES string of the molecule is c1cc(-n2cncn2)cc(CNC2CC2)n1. The summed E-state index contributed by atoms with van der Waals surface area (Å²) in [6, 6.07) is 4.66. The zero-order valence-corrected chi connectivity index (χ0v) is 8.87. The van der Waals surface area contributed by atoms with Crippen LogP contribution in [0, 0.1) is 0 Å². The maximum absolute atomic E-state index is 4.32. The van der Waals surface area contributed by atoms with Crippen LogP contribution in [0.4, 0.5) is 0 Å². The van der Waals surface area contributed by atoms with Crippen LogP contribution in [0.15, 0.2) is 31.0 Å². The third-order valence-electron chi connectivity index (χ3n) is 2.63. The van der Waals surface area contributed by atoms with E-state index in [1.165, 1.54) is 19.2 Å². The molecule has 2 heterocycles. The molecule has 0 saturated heterocycles. The molecular weight excluding hydrogens is 202 g/mol. The van der Waals surface area contributed by atoms with E-state index in [-0.39, 0.29) is 0 Å². The number of rotatable bonds is 4. The van der Waals surface area contributed by atoms with Crippen LogP contribution in [0.25, 0.3) is 5.69 Å². The molecule has 0 unspecified atom stereocenters. The number of aromatic nitrogens is 4. The Morgan fingerprint density at radius 1 is 1.44 bits per heavy atom. The van der Waals surface area contributed by atoms with Gasteiger partial charge in [-0.3, -0.25) is 4.98 Å². The molecule has 5 nitrogen and oxygen atoms in total. The largest absolute Gasteiger partial charge is 0.308 e. The highest BCUT2D eigenvalue weighted by molar-refractivity contribution is 5.30. The topological polar surface area (TPSA) is 55.6 Å². The van der Waals surface area contributed by atoms with Crippen molar-refractivity contribution < 1.29 is 0 Å². The number of pyridine rings is 1. The number of hydrogen-bond donors (Lipinski definition) is 1. The van der Waals surface area contributed by atoms with Gasteiger partial charge in [0.05, 0.1) is 11.4 Å². The lowest BCUT2D eigenvalue weighted by molar-refractivity contribution is 0.673. The number of nitrogens with zero attached hydrogens (tertiary/aromatic N) is 4. The molecule has 3 rings (SSSR count). The van der Waals surface area contributed by atoms with Gasteiger partial charge in [0.1, 0.15) is 12.7 Å². The molecule has 1 aliphatic carbocycles. The average molecular weight is 215 g/mol. The number of hydrogen-bond acceptors (Lipinski definition) is 4. The summed E-state index contributed by atoms with van der Waals surface area (Å²) in [4.78, 5) is 8.25. The van der Waals surface area contributed by atoms with Gasteiger partial charge in [-0.05, 0) is 25.0 Å². The smallest absolute Gasteiger partial charge is 0.138 e. The fourth-order valence-electron chi connectivity index (χ4n) is 1.58. The Labute approximate surface area is 93.5 Å². The molecule has 2 aromatic rings. The molecule has 0 atom stereocenters. The van der Waals surface area contributed by atoms with Gasteiger partial charge in [-0.15, -0.1) is 0 Å². The minimum Gasteiger partial charge on any atom is -0.308 e. The Bertz CT molecular complexity index is 461. The van der Waals surface area contributed by atoms with Crippen LogP contribution < -0.4 is 5.32 Å². The van der Waals surface area contributed by atoms with Crippen molar-refractivity contribution in [2.45, 2.75) is 25.4 Å². The lowest BCUT2D eigenvalue weighted by Crippen LogP contribution is -2.16. The molecule has 0 spiro atoms. The van der Waals surface area contributed by atoms with E-state index in [4.69, 9.17) is 0 Å². The fraction of sp³-hybridized carbons (Fsp3) is 0.364. The minimum absolute atomic E-state index is 0.705. The van der Waals surface area contributed by atoms with Crippen LogP contribution >= 0.6 is 0 Å². The predicted octanol–water partition coefficient (Wildman–Crippen LogP) is 0.914. The first-order chi connectivity index (χ1) is 7.92. The Balaban J connectivity index is 1.76. The lowest BCUT2D eigenvalue weighted by Gasteiger charge is -2.04. The van der Waals surface area contributed by atoms with Gasteiger partial charge in [0.25, 0.3) is 0 Å². The Kier molecular flexibility index (Phi) is 2.38. The van der Waals surface area contributed by atoms with Crippen LogP contribution in [-0.4, -0.2) is 25.8 Å². The molecule has 82 valence electrons. The van der Waals surface area contributed by atoms with Crippen molar-refractivity contribution in [3.63, 3.8) is 0 Å². The van der Waals surface area contributed by atoms with E-state index >= 15 is 0 Å². The van der Waals surface area contributed by atoms with Crippen molar-refractivity contribution in [2.24, 2.45) is 0 Å². The van der Waals surface area contributed by atoms with Crippen molar-refractivity contribution in [2.75, 3.05) is 0 Å². The summed E-state index contributed by atoms with van der Waals surface area (Å²) < 4.78 is 1.74. The van der Waals surface area contributed by atoms with Gasteiger partial charge in [-0.25, -0.2) is 9.67 Å². The summed E-state index contributed by atoms with van der Waals surface area (Å²) in [5.41, 5.74) is 2.04. The first-order valence-corrected chi connectivity index (χ1v) is 5.45. The van der Waals surface area contributed by atoms with Crippen molar-refractivity contribution >= 4 is 0 Å². The Morgan fingerprint density at radius 2 is 2.38 bits per heavy atom. The molecule has 2 aromatic heterocycles. The third kappa shape index (κ3) is 2.09. The molecule has 0 aromatic carbocycles. The highest BCUT2D eigenvalue weighted by Crippen LogP contribution is 2.19. The molecule has 1 saturated carbocycles. The second-order valence-electron chi connectivity index (χ2n) is 4.00. The molecule has 16 heavy (non-hydrogen) atoms. The predicted molar refractivity (Wildman–Crippen MR) is 59.0 cm³/mol. The zero-order chi connectivity index (χ0) is 10.8. The van der Waals surface area contributed by atoms with Gasteiger partial charge in [-0.1, -0.05) is 0 Å². The van der Waals surface area contributed by atoms with Crippen LogP contribution in [0.2, 0.25) is 0 Å². The molecule has 1 aliphatic rings. The number of nitrogens with one attached hydrogen (secondary N) is 1. The third-order valence-corrected chi connectivity index (χ3v) is 2.63. The van der Waals surface area contributed by atoms with Crippen LogP contribution in [-0.2, 0) is 6.54 Å². The molecular formula is C11H13N5. The van der Waals surface area contributed by atoms with Gasteiger partial charge in [0.15, 0.2) is 0 Å². The molecule has 1 fully saturated rings. The van der Waals surface area contributed by atoms with E-state index in [2.05, 4.69) is 20.4 Å². The molecule has 5 heteroatoms. The van der Waals surface area contributed by atoms with E-state index in [0.717, 1.165) is 17.9 Å². The summed E-state index contributed by atoms with van der Waals surface area (Å²) in [6.07, 6.45) is 7.61. The van der Waals surface area contributed by atoms with Crippen molar-refractivity contribution in [3.05, 3.63) is 36.7 Å². The van der Waals surface area contributed by atoms with Crippen molar-refractivity contribution in [1.29, 1.82) is 0 Å². The van der Waals surface area contributed by atoms with Crippen LogP contribution in [0.1, 0.15) is 18.5 Å². The first-order valence-electron chi connectivity index (χ1n) is 5.45. The molecule has 0 amide bonds. The van der Waals surface area contributed by atoms with E-state index in [9.17, 15) is 0 Å². The Morgan fingerprint density at radius 3 is 3.12 bits per heavy atom. The normalized spacial score (nSPS) is 15.2. The first kappa shape index (κ1) is 9.47. The second-order valence-corrected chi connectivity index (χ2v) is 4.00. The summed E-state index contributed by atoms with van der Waals surface area (Å²) in [5.74, 6) is 0.